The molecule has 0 aliphatic heterocycles. The second kappa shape index (κ2) is 64.4. The maximum absolute atomic E-state index is 12.8. The van der Waals surface area contributed by atoms with E-state index in [9.17, 15) is 38.4 Å². The molecule has 0 bridgehead atoms. The van der Waals surface area contributed by atoms with E-state index < -0.39 is 5.41 Å². The Kier molecular flexibility index (Phi) is 67.9. The largest absolute Gasteiger partial charge is 0.469 e. The van der Waals surface area contributed by atoms with Gasteiger partial charge in [-0.2, -0.15) is 0 Å². The summed E-state index contributed by atoms with van der Waals surface area (Å²) in [4.78, 5) is 93.3. The Morgan fingerprint density at radius 2 is 0.609 bits per heavy atom. The summed E-state index contributed by atoms with van der Waals surface area (Å²) in [7, 11) is 1.42. The van der Waals surface area contributed by atoms with Gasteiger partial charge in [-0.15, -0.1) is 0 Å². The van der Waals surface area contributed by atoms with Crippen LogP contribution in [0.1, 0.15) is 479 Å². The Morgan fingerprint density at radius 1 is 0.331 bits per heavy atom. The minimum absolute atomic E-state index is 0.00618. The molecule has 6 atom stereocenters. The van der Waals surface area contributed by atoms with Gasteiger partial charge < -0.3 is 37.9 Å². The number of carbonyl (C=O) groups is 8. The van der Waals surface area contributed by atoms with Gasteiger partial charge in [0.25, 0.3) is 0 Å². The summed E-state index contributed by atoms with van der Waals surface area (Å²) in [6.07, 6.45) is 11.3. The molecule has 1 aliphatic rings. The summed E-state index contributed by atoms with van der Waals surface area (Å²) in [6.45, 7) is 114. The molecule has 1 aliphatic carbocycles. The van der Waals surface area contributed by atoms with E-state index in [1.165, 1.54) is 36.6 Å². The van der Waals surface area contributed by atoms with E-state index in [1.54, 1.807) is 0 Å². The van der Waals surface area contributed by atoms with Crippen LogP contribution in [0.25, 0.3) is 0 Å². The monoisotopic (exact) mass is 1880 g/mol. The molecule has 0 radical (unpaired) electrons. The van der Waals surface area contributed by atoms with Crippen molar-refractivity contribution in [2.24, 2.45) is 112 Å². The lowest BCUT2D eigenvalue weighted by Gasteiger charge is -2.50. The number of hydrogen-bond acceptors (Lipinski definition) is 16. The first-order valence-corrected chi connectivity index (χ1v) is 51.5. The lowest BCUT2D eigenvalue weighted by atomic mass is 9.59. The van der Waals surface area contributed by atoms with Gasteiger partial charge in [-0.3, -0.25) is 38.4 Å². The molecule has 2 aromatic rings. The number of methoxy groups -OCH3 is 1. The molecule has 784 valence electrons. The van der Waals surface area contributed by atoms with Crippen molar-refractivity contribution in [3.63, 3.8) is 0 Å². The minimum Gasteiger partial charge on any atom is -0.469 e. The molecule has 1 saturated carbocycles. The first kappa shape index (κ1) is 140. The van der Waals surface area contributed by atoms with Gasteiger partial charge >= 0.3 is 47.8 Å². The van der Waals surface area contributed by atoms with Crippen molar-refractivity contribution in [2.75, 3.05) is 20.3 Å². The molecule has 0 aromatic heterocycles. The number of rotatable bonds is 32. The molecule has 0 N–H and O–H groups in total. The fourth-order valence-corrected chi connectivity index (χ4v) is 11.9. The highest BCUT2D eigenvalue weighted by Gasteiger charge is 2.49. The van der Waals surface area contributed by atoms with Crippen LogP contribution in [0.2, 0.25) is 0 Å². The van der Waals surface area contributed by atoms with Crippen LogP contribution in [0.3, 0.4) is 0 Å². The molecule has 0 saturated heterocycles. The van der Waals surface area contributed by atoms with Crippen LogP contribution < -0.4 is 0 Å². The standard InChI is InChI=1S/C21H40O2.C14H28O2.C13H26O2.C12H24O2.C11H16.2C10H20O2.C10H14.C9H18O2.C7H14O2/c1-11-21(9,10)18(22)23-17-15(19(3,4)5)12-14(2)13-16(17)20(6,7)8;1-9-14(7,8)12(15)16-11(10(2)3)13(4,5)6;1-8-13(6,7)12(14)15-11(9(2)3)10(4)5;1-8-12(6,7)10(13)14-9(2)11(3,4)5;1-4-10(3)11-7-5-9(2)6-8-11;2*1-6-10(4,5)9(11)12-7-8(2)3;1-3-9(2)10-7-5-4-6-8-10;1-6-9(4,5)8(10)11-7(2)3;1-5-7(2,3)6(8)9-4/h14-17H,11-13H2,1-10H3;10-11H,9H2,1-8H3;9-11H,8H2,1-7H3;9H,8H2,1-7H3;5-8,10H,4H2,1-3H3;2*8H,6-7H2,1-5H3;4-9H,3H2,1-2H3;7H,6H2,1-5H3;5H2,1-4H3. The maximum atomic E-state index is 12.8. The third kappa shape index (κ3) is 60.0. The minimum atomic E-state index is -0.395. The molecule has 133 heavy (non-hydrogen) atoms. The van der Waals surface area contributed by atoms with E-state index in [0.717, 1.165) is 64.2 Å². The Labute approximate surface area is 823 Å². The highest BCUT2D eigenvalue weighted by molar-refractivity contribution is 5.79. The first-order valence-electron chi connectivity index (χ1n) is 51.5. The van der Waals surface area contributed by atoms with E-state index in [0.29, 0.717) is 72.4 Å². The van der Waals surface area contributed by atoms with E-state index >= 15 is 0 Å². The number of ether oxygens (including phenoxy) is 8. The predicted octanol–water partition coefficient (Wildman–Crippen LogP) is 33.1. The number of esters is 8. The topological polar surface area (TPSA) is 210 Å². The van der Waals surface area contributed by atoms with Crippen molar-refractivity contribution in [1.82, 2.24) is 0 Å². The predicted molar refractivity (Wildman–Crippen MR) is 565 cm³/mol. The van der Waals surface area contributed by atoms with Crippen molar-refractivity contribution >= 4 is 47.8 Å². The van der Waals surface area contributed by atoms with Gasteiger partial charge in [0.1, 0.15) is 24.4 Å². The molecule has 6 unspecified atom stereocenters. The molecule has 16 nitrogen and oxygen atoms in total. The summed E-state index contributed by atoms with van der Waals surface area (Å²) in [5.41, 5.74) is 1.78. The quantitative estimate of drug-likeness (QED) is 0.0492. The highest BCUT2D eigenvalue weighted by atomic mass is 16.6. The van der Waals surface area contributed by atoms with Crippen molar-refractivity contribution in [1.29, 1.82) is 0 Å². The first-order chi connectivity index (χ1) is 59.9. The summed E-state index contributed by atoms with van der Waals surface area (Å²) in [5, 5.41) is 0. The molecular weight excluding hydrogens is 1660 g/mol. The number of benzene rings is 2. The van der Waals surface area contributed by atoms with Crippen LogP contribution >= 0.6 is 0 Å². The second-order valence-corrected chi connectivity index (χ2v) is 49.4. The highest BCUT2D eigenvalue weighted by Crippen LogP contribution is 2.50. The van der Waals surface area contributed by atoms with Gasteiger partial charge in [0.2, 0.25) is 0 Å². The molecule has 2 aromatic carbocycles. The Morgan fingerprint density at radius 3 is 0.857 bits per heavy atom. The molecule has 0 amide bonds. The maximum Gasteiger partial charge on any atom is 0.311 e. The summed E-state index contributed by atoms with van der Waals surface area (Å²) < 4.78 is 42.8. The molecule has 1 fully saturated rings. The van der Waals surface area contributed by atoms with Crippen molar-refractivity contribution in [3.05, 3.63) is 71.3 Å². The molecule has 0 heterocycles. The van der Waals surface area contributed by atoms with E-state index in [2.05, 4.69) is 232 Å². The summed E-state index contributed by atoms with van der Waals surface area (Å²) in [6, 6.07) is 19.5. The zero-order valence-electron chi connectivity index (χ0n) is 97.8. The van der Waals surface area contributed by atoms with Crippen LogP contribution in [0.15, 0.2) is 54.6 Å². The number of hydrogen-bond donors (Lipinski definition) is 0. The van der Waals surface area contributed by atoms with Gasteiger partial charge in [-0.05, 0) is 296 Å². The lowest BCUT2D eigenvalue weighted by Crippen LogP contribution is -2.50. The van der Waals surface area contributed by atoms with Crippen LogP contribution in [0.4, 0.5) is 0 Å². The van der Waals surface area contributed by atoms with Crippen molar-refractivity contribution in [3.8, 4) is 0 Å². The zero-order chi connectivity index (χ0) is 107. The molecule has 3 rings (SSSR count). The van der Waals surface area contributed by atoms with Gasteiger partial charge in [0.15, 0.2) is 0 Å². The van der Waals surface area contributed by atoms with Crippen LogP contribution in [-0.4, -0.2) is 98.6 Å². The average molecular weight is 1880 g/mol. The van der Waals surface area contributed by atoms with Crippen LogP contribution in [-0.2, 0) is 76.3 Å². The third-order valence-electron chi connectivity index (χ3n) is 26.7. The second-order valence-electron chi connectivity index (χ2n) is 49.4. The van der Waals surface area contributed by atoms with Gasteiger partial charge in [0, 0.05) is 11.8 Å². The molecular formula is C117H220O16. The van der Waals surface area contributed by atoms with Crippen LogP contribution in [0.5, 0.6) is 0 Å². The molecule has 0 spiro atoms. The average Bonchev–Trinajstić information content (AvgIpc) is 0.769. The summed E-state index contributed by atoms with van der Waals surface area (Å²) in [5.74, 6) is 4.21. The van der Waals surface area contributed by atoms with Gasteiger partial charge in [-0.25, -0.2) is 0 Å². The lowest BCUT2D eigenvalue weighted by molar-refractivity contribution is -0.179. The van der Waals surface area contributed by atoms with E-state index in [-0.39, 0.29) is 138 Å². The Bertz CT molecular complexity index is 3390. The Balaban J connectivity index is -0.000000268. The van der Waals surface area contributed by atoms with E-state index in [4.69, 9.17) is 33.2 Å². The SMILES string of the molecule is CCC(C)(C)C(=O)OC.CCC(C)(C)C(=O)OC(C(C)C)C(C)(C)C.CCC(C)(C)C(=O)OC(C(C)C)C(C)C.CCC(C)(C)C(=O)OC(C)C.CCC(C)(C)C(=O)OC(C)C(C)(C)C.CCC(C)(C)C(=O)OC1C(C(C)(C)C)CC(C)CC1C(C)(C)C.CCC(C)(C)C(=O)OCC(C)C.CCC(C)(C)C(=O)OCC(C)C.CCC(C)c1ccc(C)cc1.CCC(C)c1ccccc1. The fraction of sp³-hybridized carbons (Fsp3) is 0.829. The normalized spacial score (nSPS) is 16.0. The fourth-order valence-electron chi connectivity index (χ4n) is 11.9. The molecule has 16 heteroatoms. The van der Waals surface area contributed by atoms with Crippen molar-refractivity contribution < 1.29 is 76.3 Å². The smallest absolute Gasteiger partial charge is 0.311 e. The third-order valence-corrected chi connectivity index (χ3v) is 26.7. The van der Waals surface area contributed by atoms with Crippen molar-refractivity contribution in [2.45, 2.75) is 500 Å². The summed E-state index contributed by atoms with van der Waals surface area (Å²) >= 11 is 0. The zero-order valence-corrected chi connectivity index (χ0v) is 97.8. The van der Waals surface area contributed by atoms with Crippen LogP contribution in [0, 0.1) is 119 Å². The Hall–Kier alpha value is -5.80. The number of carbonyl (C=O) groups excluding carboxylic acids is 8. The van der Waals surface area contributed by atoms with E-state index in [1.807, 2.05) is 208 Å². The number of aryl methyl sites for hydroxylation is 1. The van der Waals surface area contributed by atoms with Gasteiger partial charge in [0.05, 0.1) is 69.7 Å². The van der Waals surface area contributed by atoms with Gasteiger partial charge in [-0.1, -0.05) is 302 Å².